The monoisotopic (exact) mass is 481 g/mol. The van der Waals surface area contributed by atoms with Crippen LogP contribution in [0.2, 0.25) is 0 Å². The standard InChI is InChI=1S/C26H35N5O4/c1-18-5-3-7-22(19(18)2)28-9-11-29(12-10-28)24(33)16-31-23-8-4-6-21(23)25(27-31)26(34)30-13-14-35-20(15-30)17-32/h3,5,7,20,32H,4,6,8-17H2,1-2H3. The molecule has 2 saturated heterocycles. The van der Waals surface area contributed by atoms with E-state index in [2.05, 4.69) is 42.0 Å². The molecule has 0 radical (unpaired) electrons. The molecule has 1 unspecified atom stereocenters. The molecule has 2 fully saturated rings. The minimum absolute atomic E-state index is 0.0496. The van der Waals surface area contributed by atoms with Crippen molar-refractivity contribution in [2.45, 2.75) is 45.8 Å². The number of hydrogen-bond acceptors (Lipinski definition) is 6. The van der Waals surface area contributed by atoms with Crippen molar-refractivity contribution >= 4 is 17.5 Å². The van der Waals surface area contributed by atoms with Gasteiger partial charge < -0.3 is 24.5 Å². The van der Waals surface area contributed by atoms with Crippen molar-refractivity contribution in [3.05, 3.63) is 46.3 Å². The summed E-state index contributed by atoms with van der Waals surface area (Å²) >= 11 is 0. The Morgan fingerprint density at radius 3 is 2.66 bits per heavy atom. The van der Waals surface area contributed by atoms with Crippen LogP contribution in [0, 0.1) is 13.8 Å². The van der Waals surface area contributed by atoms with Gasteiger partial charge >= 0.3 is 0 Å². The fraction of sp³-hybridized carbons (Fsp3) is 0.577. The number of aliphatic hydroxyl groups excluding tert-OH is 1. The molecule has 3 heterocycles. The highest BCUT2D eigenvalue weighted by Gasteiger charge is 2.33. The lowest BCUT2D eigenvalue weighted by Gasteiger charge is -2.37. The summed E-state index contributed by atoms with van der Waals surface area (Å²) in [4.78, 5) is 32.4. The van der Waals surface area contributed by atoms with Crippen LogP contribution in [-0.4, -0.2) is 95.1 Å². The van der Waals surface area contributed by atoms with Crippen molar-refractivity contribution in [3.63, 3.8) is 0 Å². The van der Waals surface area contributed by atoms with E-state index in [4.69, 9.17) is 4.74 Å². The second kappa shape index (κ2) is 9.99. The van der Waals surface area contributed by atoms with Gasteiger partial charge in [-0.3, -0.25) is 14.3 Å². The summed E-state index contributed by atoms with van der Waals surface area (Å²) in [5.41, 5.74) is 6.28. The Bertz CT molecular complexity index is 1110. The van der Waals surface area contributed by atoms with E-state index in [1.54, 1.807) is 9.58 Å². The predicted molar refractivity (Wildman–Crippen MR) is 132 cm³/mol. The van der Waals surface area contributed by atoms with E-state index in [1.807, 2.05) is 4.90 Å². The fourth-order valence-corrected chi connectivity index (χ4v) is 5.48. The van der Waals surface area contributed by atoms with E-state index in [9.17, 15) is 14.7 Å². The summed E-state index contributed by atoms with van der Waals surface area (Å²) in [7, 11) is 0. The molecule has 2 aromatic rings. The van der Waals surface area contributed by atoms with Gasteiger partial charge in [0.05, 0.1) is 19.3 Å². The molecule has 1 N–H and O–H groups in total. The lowest BCUT2D eigenvalue weighted by atomic mass is 10.1. The second-order valence-electron chi connectivity index (χ2n) is 9.80. The van der Waals surface area contributed by atoms with Crippen molar-refractivity contribution in [3.8, 4) is 0 Å². The number of aromatic nitrogens is 2. The molecule has 1 aromatic heterocycles. The molecule has 35 heavy (non-hydrogen) atoms. The maximum atomic E-state index is 13.3. The molecule has 3 aliphatic rings. The third-order valence-electron chi connectivity index (χ3n) is 7.67. The topological polar surface area (TPSA) is 91.1 Å². The molecule has 1 atom stereocenters. The number of carbonyl (C=O) groups is 2. The highest BCUT2D eigenvalue weighted by molar-refractivity contribution is 5.94. The number of anilines is 1. The molecule has 1 aromatic carbocycles. The van der Waals surface area contributed by atoms with E-state index in [1.165, 1.54) is 16.8 Å². The van der Waals surface area contributed by atoms with Gasteiger partial charge in [-0.25, -0.2) is 0 Å². The van der Waals surface area contributed by atoms with Crippen molar-refractivity contribution in [1.29, 1.82) is 0 Å². The minimum Gasteiger partial charge on any atom is -0.394 e. The van der Waals surface area contributed by atoms with E-state index in [0.717, 1.165) is 43.6 Å². The Labute approximate surface area is 206 Å². The Hall–Kier alpha value is -2.91. The summed E-state index contributed by atoms with van der Waals surface area (Å²) in [5.74, 6) is -0.0771. The zero-order chi connectivity index (χ0) is 24.5. The lowest BCUT2D eigenvalue weighted by molar-refractivity contribution is -0.132. The highest BCUT2D eigenvalue weighted by Crippen LogP contribution is 2.27. The quantitative estimate of drug-likeness (QED) is 0.690. The van der Waals surface area contributed by atoms with Crippen LogP contribution >= 0.6 is 0 Å². The summed E-state index contributed by atoms with van der Waals surface area (Å²) in [6, 6.07) is 6.38. The van der Waals surface area contributed by atoms with Crippen molar-refractivity contribution in [2.24, 2.45) is 0 Å². The SMILES string of the molecule is Cc1cccc(N2CCN(C(=O)Cn3nc(C(=O)N4CCOC(CO)C4)c4c3CCC4)CC2)c1C. The van der Waals surface area contributed by atoms with Crippen LogP contribution < -0.4 is 4.90 Å². The van der Waals surface area contributed by atoms with E-state index < -0.39 is 0 Å². The van der Waals surface area contributed by atoms with Gasteiger partial charge in [-0.1, -0.05) is 12.1 Å². The van der Waals surface area contributed by atoms with Gasteiger partial charge in [-0.2, -0.15) is 5.10 Å². The maximum absolute atomic E-state index is 13.3. The molecule has 9 nitrogen and oxygen atoms in total. The molecular weight excluding hydrogens is 446 g/mol. The van der Waals surface area contributed by atoms with Crippen LogP contribution in [0.1, 0.15) is 39.3 Å². The van der Waals surface area contributed by atoms with E-state index in [0.29, 0.717) is 38.5 Å². The third-order valence-corrected chi connectivity index (χ3v) is 7.67. The summed E-state index contributed by atoms with van der Waals surface area (Å²) in [6.07, 6.45) is 2.27. The fourth-order valence-electron chi connectivity index (χ4n) is 5.48. The largest absolute Gasteiger partial charge is 0.394 e. The zero-order valence-electron chi connectivity index (χ0n) is 20.7. The number of nitrogens with zero attached hydrogens (tertiary/aromatic N) is 5. The van der Waals surface area contributed by atoms with Crippen molar-refractivity contribution < 1.29 is 19.4 Å². The molecule has 0 bridgehead atoms. The van der Waals surface area contributed by atoms with Crippen LogP contribution in [0.15, 0.2) is 18.2 Å². The average molecular weight is 482 g/mol. The summed E-state index contributed by atoms with van der Waals surface area (Å²) < 4.78 is 7.25. The van der Waals surface area contributed by atoms with Gasteiger partial charge in [-0.05, 0) is 50.3 Å². The Morgan fingerprint density at radius 2 is 1.89 bits per heavy atom. The molecule has 0 saturated carbocycles. The number of ether oxygens (including phenoxy) is 1. The first-order chi connectivity index (χ1) is 17.0. The minimum atomic E-state index is -0.355. The first-order valence-corrected chi connectivity index (χ1v) is 12.7. The molecule has 2 aliphatic heterocycles. The maximum Gasteiger partial charge on any atom is 0.274 e. The number of morpholine rings is 1. The van der Waals surface area contributed by atoms with Gasteiger partial charge in [-0.15, -0.1) is 0 Å². The van der Waals surface area contributed by atoms with Crippen LogP contribution in [-0.2, 0) is 28.9 Å². The number of aryl methyl sites for hydroxylation is 1. The smallest absolute Gasteiger partial charge is 0.274 e. The first kappa shape index (κ1) is 23.8. The number of aliphatic hydroxyl groups is 1. The molecule has 1 aliphatic carbocycles. The number of hydrogen-bond donors (Lipinski definition) is 1. The van der Waals surface area contributed by atoms with Gasteiger partial charge in [0.15, 0.2) is 5.69 Å². The van der Waals surface area contributed by atoms with Gasteiger partial charge in [0, 0.05) is 56.2 Å². The van der Waals surface area contributed by atoms with Crippen molar-refractivity contribution in [2.75, 3.05) is 57.4 Å². The van der Waals surface area contributed by atoms with E-state index >= 15 is 0 Å². The second-order valence-corrected chi connectivity index (χ2v) is 9.80. The number of rotatable bonds is 5. The molecule has 188 valence electrons. The third kappa shape index (κ3) is 4.67. The van der Waals surface area contributed by atoms with Crippen LogP contribution in [0.4, 0.5) is 5.69 Å². The van der Waals surface area contributed by atoms with Crippen LogP contribution in [0.3, 0.4) is 0 Å². The van der Waals surface area contributed by atoms with Crippen molar-refractivity contribution in [1.82, 2.24) is 19.6 Å². The normalized spacial score (nSPS) is 20.3. The van der Waals surface area contributed by atoms with Crippen LogP contribution in [0.25, 0.3) is 0 Å². The number of benzene rings is 1. The first-order valence-electron chi connectivity index (χ1n) is 12.7. The zero-order valence-corrected chi connectivity index (χ0v) is 20.7. The van der Waals surface area contributed by atoms with Crippen LogP contribution in [0.5, 0.6) is 0 Å². The molecule has 9 heteroatoms. The van der Waals surface area contributed by atoms with E-state index in [-0.39, 0.29) is 31.1 Å². The average Bonchev–Trinajstić information content (AvgIpc) is 3.49. The summed E-state index contributed by atoms with van der Waals surface area (Å²) in [5, 5.41) is 14.1. The highest BCUT2D eigenvalue weighted by atomic mass is 16.5. The molecular formula is C26H35N5O4. The number of fused-ring (bicyclic) bond motifs is 1. The lowest BCUT2D eigenvalue weighted by Crippen LogP contribution is -2.50. The van der Waals surface area contributed by atoms with Gasteiger partial charge in [0.25, 0.3) is 5.91 Å². The molecule has 0 spiro atoms. The summed E-state index contributed by atoms with van der Waals surface area (Å²) in [6.45, 7) is 8.57. The predicted octanol–water partition coefficient (Wildman–Crippen LogP) is 1.17. The molecule has 5 rings (SSSR count). The number of amides is 2. The van der Waals surface area contributed by atoms with Gasteiger partial charge in [0.1, 0.15) is 6.54 Å². The number of carbonyl (C=O) groups excluding carboxylic acids is 2. The Morgan fingerprint density at radius 1 is 1.09 bits per heavy atom. The van der Waals surface area contributed by atoms with Gasteiger partial charge in [0.2, 0.25) is 5.91 Å². The Kier molecular flexibility index (Phi) is 6.80. The Balaban J connectivity index is 1.25. The number of piperazine rings is 1. The molecule has 2 amide bonds.